The Morgan fingerprint density at radius 3 is 2.38 bits per heavy atom. The molecule has 0 bridgehead atoms. The van der Waals surface area contributed by atoms with E-state index in [1.165, 1.54) is 50.0 Å². The Bertz CT molecular complexity index is 309. The van der Waals surface area contributed by atoms with Crippen molar-refractivity contribution in [2.75, 3.05) is 19.6 Å². The first-order valence-corrected chi connectivity index (χ1v) is 6.52. The summed E-state index contributed by atoms with van der Waals surface area (Å²) in [6, 6.07) is 8.99. The highest BCUT2D eigenvalue weighted by atomic mass is 15.1. The number of hydrogen-bond acceptors (Lipinski definition) is 1. The van der Waals surface area contributed by atoms with Gasteiger partial charge in [-0.1, -0.05) is 36.8 Å². The summed E-state index contributed by atoms with van der Waals surface area (Å²) in [6.45, 7) is 8.43. The van der Waals surface area contributed by atoms with Crippen LogP contribution in [0.15, 0.2) is 24.3 Å². The summed E-state index contributed by atoms with van der Waals surface area (Å²) >= 11 is 0. The first-order valence-electron chi connectivity index (χ1n) is 6.52. The van der Waals surface area contributed by atoms with Crippen LogP contribution in [0.1, 0.15) is 30.9 Å². The molecule has 1 aromatic carbocycles. The van der Waals surface area contributed by atoms with E-state index in [2.05, 4.69) is 43.0 Å². The number of nitrogens with zero attached hydrogens (tertiary/aromatic N) is 1. The van der Waals surface area contributed by atoms with Gasteiger partial charge in [0.25, 0.3) is 0 Å². The molecule has 1 nitrogen and oxygen atoms in total. The zero-order valence-electron chi connectivity index (χ0n) is 10.6. The molecule has 1 unspecified atom stereocenters. The van der Waals surface area contributed by atoms with Crippen LogP contribution in [-0.4, -0.2) is 24.5 Å². The predicted octanol–water partition coefficient (Wildman–Crippen LogP) is 3.27. The average molecular weight is 217 g/mol. The van der Waals surface area contributed by atoms with Crippen LogP contribution in [0.4, 0.5) is 0 Å². The molecule has 1 aromatic rings. The maximum absolute atomic E-state index is 2.61. The molecule has 0 saturated carbocycles. The number of aryl methyl sites for hydroxylation is 1. The van der Waals surface area contributed by atoms with Crippen LogP contribution in [0.2, 0.25) is 0 Å². The van der Waals surface area contributed by atoms with E-state index in [-0.39, 0.29) is 0 Å². The normalized spacial score (nSPS) is 18.9. The minimum atomic E-state index is 0.779. The Morgan fingerprint density at radius 1 is 1.12 bits per heavy atom. The number of benzene rings is 1. The fourth-order valence-corrected chi connectivity index (χ4v) is 2.60. The lowest BCUT2D eigenvalue weighted by Crippen LogP contribution is -2.26. The topological polar surface area (TPSA) is 3.24 Å². The van der Waals surface area contributed by atoms with Gasteiger partial charge in [0.15, 0.2) is 0 Å². The highest BCUT2D eigenvalue weighted by molar-refractivity contribution is 5.21. The fourth-order valence-electron chi connectivity index (χ4n) is 2.60. The van der Waals surface area contributed by atoms with Crippen LogP contribution >= 0.6 is 0 Å². The summed E-state index contributed by atoms with van der Waals surface area (Å²) in [6.07, 6.45) is 4.02. The molecule has 1 saturated heterocycles. The second-order valence-electron chi connectivity index (χ2n) is 5.30. The molecule has 0 aliphatic carbocycles. The zero-order chi connectivity index (χ0) is 11.4. The number of likely N-dealkylation sites (tertiary alicyclic amines) is 1. The van der Waals surface area contributed by atoms with Crippen LogP contribution in [0.3, 0.4) is 0 Å². The zero-order valence-corrected chi connectivity index (χ0v) is 10.6. The van der Waals surface area contributed by atoms with Crippen molar-refractivity contribution >= 4 is 0 Å². The summed E-state index contributed by atoms with van der Waals surface area (Å²) < 4.78 is 0. The molecule has 1 aliphatic rings. The van der Waals surface area contributed by atoms with E-state index >= 15 is 0 Å². The summed E-state index contributed by atoms with van der Waals surface area (Å²) in [5, 5.41) is 0. The van der Waals surface area contributed by atoms with Gasteiger partial charge in [-0.15, -0.1) is 0 Å². The van der Waals surface area contributed by atoms with Gasteiger partial charge in [0.2, 0.25) is 0 Å². The van der Waals surface area contributed by atoms with Crippen molar-refractivity contribution in [1.29, 1.82) is 0 Å². The first kappa shape index (κ1) is 11.7. The van der Waals surface area contributed by atoms with E-state index < -0.39 is 0 Å². The van der Waals surface area contributed by atoms with Gasteiger partial charge in [-0.05, 0) is 50.8 Å². The molecule has 0 spiro atoms. The van der Waals surface area contributed by atoms with Crippen LogP contribution in [0.25, 0.3) is 0 Å². The predicted molar refractivity (Wildman–Crippen MR) is 69.7 cm³/mol. The fraction of sp³-hybridized carbons (Fsp3) is 0.600. The monoisotopic (exact) mass is 217 g/mol. The third kappa shape index (κ3) is 3.34. The molecule has 0 N–H and O–H groups in total. The van der Waals surface area contributed by atoms with Crippen molar-refractivity contribution < 1.29 is 0 Å². The second-order valence-corrected chi connectivity index (χ2v) is 5.30. The average Bonchev–Trinajstić information content (AvgIpc) is 2.74. The molecule has 88 valence electrons. The Balaban J connectivity index is 1.81. The van der Waals surface area contributed by atoms with Gasteiger partial charge in [0, 0.05) is 6.54 Å². The van der Waals surface area contributed by atoms with Crippen LogP contribution in [-0.2, 0) is 6.42 Å². The molecule has 16 heavy (non-hydrogen) atoms. The van der Waals surface area contributed by atoms with E-state index in [4.69, 9.17) is 0 Å². The van der Waals surface area contributed by atoms with Crippen LogP contribution in [0.5, 0.6) is 0 Å². The van der Waals surface area contributed by atoms with E-state index in [9.17, 15) is 0 Å². The lowest BCUT2D eigenvalue weighted by Gasteiger charge is -2.20. The van der Waals surface area contributed by atoms with Crippen LogP contribution < -0.4 is 0 Å². The molecule has 1 fully saturated rings. The molecular weight excluding hydrogens is 194 g/mol. The van der Waals surface area contributed by atoms with Crippen molar-refractivity contribution in [3.63, 3.8) is 0 Å². The van der Waals surface area contributed by atoms with Gasteiger partial charge in [0.05, 0.1) is 0 Å². The van der Waals surface area contributed by atoms with E-state index in [0.717, 1.165) is 5.92 Å². The Labute approximate surface area is 99.5 Å². The highest BCUT2D eigenvalue weighted by Crippen LogP contribution is 2.14. The molecule has 1 heteroatoms. The van der Waals surface area contributed by atoms with Crippen LogP contribution in [0, 0.1) is 12.8 Å². The summed E-state index contributed by atoms with van der Waals surface area (Å²) in [7, 11) is 0. The van der Waals surface area contributed by atoms with E-state index in [1.54, 1.807) is 0 Å². The van der Waals surface area contributed by atoms with Gasteiger partial charge in [-0.2, -0.15) is 0 Å². The van der Waals surface area contributed by atoms with Crippen molar-refractivity contribution in [3.8, 4) is 0 Å². The maximum atomic E-state index is 2.61. The largest absolute Gasteiger partial charge is 0.303 e. The van der Waals surface area contributed by atoms with E-state index in [0.29, 0.717) is 0 Å². The van der Waals surface area contributed by atoms with Crippen molar-refractivity contribution in [2.45, 2.75) is 33.1 Å². The quantitative estimate of drug-likeness (QED) is 0.748. The Kier molecular flexibility index (Phi) is 4.00. The first-order chi connectivity index (χ1) is 7.74. The van der Waals surface area contributed by atoms with Crippen molar-refractivity contribution in [2.24, 2.45) is 5.92 Å². The van der Waals surface area contributed by atoms with Gasteiger partial charge in [-0.25, -0.2) is 0 Å². The Hall–Kier alpha value is -0.820. The Morgan fingerprint density at radius 2 is 1.75 bits per heavy atom. The lowest BCUT2D eigenvalue weighted by atomic mass is 10.00. The summed E-state index contributed by atoms with van der Waals surface area (Å²) in [5.41, 5.74) is 2.84. The molecule has 1 heterocycles. The molecule has 1 atom stereocenters. The second kappa shape index (κ2) is 5.49. The SMILES string of the molecule is Cc1ccc(CC(C)CN2CCCC2)cc1. The molecule has 2 rings (SSSR count). The number of hydrogen-bond donors (Lipinski definition) is 0. The van der Waals surface area contributed by atoms with E-state index in [1.807, 2.05) is 0 Å². The molecule has 1 aliphatic heterocycles. The standard InChI is InChI=1S/C15H23N/c1-13-5-7-15(8-6-13)11-14(2)12-16-9-3-4-10-16/h5-8,14H,3-4,9-12H2,1-2H3. The molecule has 0 radical (unpaired) electrons. The maximum Gasteiger partial charge on any atom is 0.00102 e. The van der Waals surface area contributed by atoms with Gasteiger partial charge in [0.1, 0.15) is 0 Å². The van der Waals surface area contributed by atoms with Crippen molar-refractivity contribution in [1.82, 2.24) is 4.90 Å². The third-order valence-electron chi connectivity index (χ3n) is 3.47. The smallest absolute Gasteiger partial charge is 0.00102 e. The van der Waals surface area contributed by atoms with Gasteiger partial charge < -0.3 is 4.90 Å². The number of rotatable bonds is 4. The molecular formula is C15H23N. The molecule has 0 aromatic heterocycles. The lowest BCUT2D eigenvalue weighted by molar-refractivity contribution is 0.287. The minimum absolute atomic E-state index is 0.779. The van der Waals surface area contributed by atoms with Gasteiger partial charge >= 0.3 is 0 Å². The minimum Gasteiger partial charge on any atom is -0.303 e. The summed E-state index contributed by atoms with van der Waals surface area (Å²) in [4.78, 5) is 2.61. The van der Waals surface area contributed by atoms with Gasteiger partial charge in [-0.3, -0.25) is 0 Å². The highest BCUT2D eigenvalue weighted by Gasteiger charge is 2.14. The third-order valence-corrected chi connectivity index (χ3v) is 3.47. The summed E-state index contributed by atoms with van der Waals surface area (Å²) in [5.74, 6) is 0.779. The van der Waals surface area contributed by atoms with Crippen molar-refractivity contribution in [3.05, 3.63) is 35.4 Å². The molecule has 0 amide bonds.